The van der Waals surface area contributed by atoms with Gasteiger partial charge in [-0.2, -0.15) is 0 Å². The summed E-state index contributed by atoms with van der Waals surface area (Å²) in [6, 6.07) is 4.82. The van der Waals surface area contributed by atoms with Gasteiger partial charge < -0.3 is 10.1 Å². The number of ether oxygens (including phenoxy) is 1. The van der Waals surface area contributed by atoms with Gasteiger partial charge in [0, 0.05) is 6.99 Å². The van der Waals surface area contributed by atoms with Crippen molar-refractivity contribution in [1.29, 1.82) is 0 Å². The van der Waals surface area contributed by atoms with Crippen molar-refractivity contribution in [2.75, 3.05) is 0 Å². The SMILES string of the molecule is Cc1ccc([C@H](NC(=O)OC(C)(C)C)C2CC2)c(F)c1.[HH]. The highest BCUT2D eigenvalue weighted by atomic mass is 19.1. The van der Waals surface area contributed by atoms with Gasteiger partial charge in [-0.05, 0) is 58.1 Å². The number of carbonyl (C=O) groups excluding carboxylic acids is 1. The lowest BCUT2D eigenvalue weighted by Crippen LogP contribution is -2.36. The molecule has 20 heavy (non-hydrogen) atoms. The van der Waals surface area contributed by atoms with Gasteiger partial charge in [0.05, 0.1) is 6.04 Å². The molecule has 0 saturated heterocycles. The summed E-state index contributed by atoms with van der Waals surface area (Å²) in [6.07, 6.45) is 1.52. The van der Waals surface area contributed by atoms with Gasteiger partial charge in [-0.25, -0.2) is 9.18 Å². The summed E-state index contributed by atoms with van der Waals surface area (Å²) in [5.41, 5.74) is 0.867. The topological polar surface area (TPSA) is 38.3 Å². The van der Waals surface area contributed by atoms with E-state index in [1.807, 2.05) is 33.8 Å². The predicted molar refractivity (Wildman–Crippen MR) is 78.1 cm³/mol. The van der Waals surface area contributed by atoms with E-state index in [-0.39, 0.29) is 13.3 Å². The molecule has 1 amide bonds. The summed E-state index contributed by atoms with van der Waals surface area (Å²) in [6.45, 7) is 7.28. The molecule has 0 unspecified atom stereocenters. The maximum atomic E-state index is 14.1. The molecule has 1 N–H and O–H groups in total. The van der Waals surface area contributed by atoms with Gasteiger partial charge in [0.15, 0.2) is 0 Å². The molecule has 0 radical (unpaired) electrons. The predicted octanol–water partition coefficient (Wildman–Crippen LogP) is 4.36. The van der Waals surface area contributed by atoms with E-state index < -0.39 is 11.7 Å². The minimum Gasteiger partial charge on any atom is -0.444 e. The zero-order valence-corrected chi connectivity index (χ0v) is 12.5. The molecule has 1 fully saturated rings. The lowest BCUT2D eigenvalue weighted by molar-refractivity contribution is 0.0496. The van der Waals surface area contributed by atoms with Crippen LogP contribution in [-0.4, -0.2) is 11.7 Å². The molecule has 1 atom stereocenters. The molecule has 1 saturated carbocycles. The number of hydrogen-bond donors (Lipinski definition) is 1. The summed E-state index contributed by atoms with van der Waals surface area (Å²) in [4.78, 5) is 11.9. The molecular weight excluding hydrogens is 257 g/mol. The number of nitrogens with one attached hydrogen (secondary N) is 1. The van der Waals surface area contributed by atoms with Crippen LogP contribution in [0.2, 0.25) is 0 Å². The van der Waals surface area contributed by atoms with Crippen LogP contribution in [0.1, 0.15) is 52.2 Å². The third-order valence-corrected chi connectivity index (χ3v) is 3.26. The molecule has 0 heterocycles. The summed E-state index contributed by atoms with van der Waals surface area (Å²) >= 11 is 0. The highest BCUT2D eigenvalue weighted by molar-refractivity contribution is 5.68. The monoisotopic (exact) mass is 281 g/mol. The van der Waals surface area contributed by atoms with E-state index in [2.05, 4.69) is 5.32 Å². The molecule has 1 aromatic rings. The quantitative estimate of drug-likeness (QED) is 0.894. The molecule has 0 aromatic heterocycles. The normalized spacial score (nSPS) is 16.6. The largest absolute Gasteiger partial charge is 0.444 e. The van der Waals surface area contributed by atoms with E-state index in [0.29, 0.717) is 11.5 Å². The number of hydrogen-bond acceptors (Lipinski definition) is 2. The first-order valence-corrected chi connectivity index (χ1v) is 7.02. The third kappa shape index (κ3) is 3.95. The molecular formula is C16H24FNO2. The molecule has 0 bridgehead atoms. The number of amides is 1. The van der Waals surface area contributed by atoms with E-state index in [1.54, 1.807) is 6.07 Å². The second kappa shape index (κ2) is 5.43. The van der Waals surface area contributed by atoms with Crippen LogP contribution in [0.3, 0.4) is 0 Å². The highest BCUT2D eigenvalue weighted by Gasteiger charge is 2.35. The fraction of sp³-hybridized carbons (Fsp3) is 0.562. The molecule has 1 aliphatic rings. The molecule has 1 aliphatic carbocycles. The molecule has 112 valence electrons. The van der Waals surface area contributed by atoms with E-state index in [4.69, 9.17) is 4.74 Å². The van der Waals surface area contributed by atoms with Crippen molar-refractivity contribution in [3.05, 3.63) is 35.1 Å². The number of rotatable bonds is 3. The Bertz CT molecular complexity index is 509. The first-order valence-electron chi connectivity index (χ1n) is 7.02. The summed E-state index contributed by atoms with van der Waals surface area (Å²) in [5, 5.41) is 2.81. The maximum absolute atomic E-state index is 14.1. The highest BCUT2D eigenvalue weighted by Crippen LogP contribution is 2.41. The maximum Gasteiger partial charge on any atom is 0.408 e. The van der Waals surface area contributed by atoms with Crippen LogP contribution in [0, 0.1) is 18.7 Å². The van der Waals surface area contributed by atoms with Crippen molar-refractivity contribution in [3.8, 4) is 0 Å². The summed E-state index contributed by atoms with van der Waals surface area (Å²) in [7, 11) is 0. The van der Waals surface area contributed by atoms with E-state index in [0.717, 1.165) is 18.4 Å². The standard InChI is InChI=1S/C16H22FNO2.H2/c1-10-5-8-12(13(17)9-10)14(11-6-7-11)18-15(19)20-16(2,3)4;/h5,8-9,11,14H,6-7H2,1-4H3,(H,18,19);1H/t14-;/m1./s1. The van der Waals surface area contributed by atoms with Crippen molar-refractivity contribution in [3.63, 3.8) is 0 Å². The molecule has 1 aromatic carbocycles. The van der Waals surface area contributed by atoms with Crippen molar-refractivity contribution < 1.29 is 15.3 Å². The van der Waals surface area contributed by atoms with Gasteiger partial charge in [-0.15, -0.1) is 0 Å². The van der Waals surface area contributed by atoms with Gasteiger partial charge in [-0.1, -0.05) is 12.1 Å². The van der Waals surface area contributed by atoms with Gasteiger partial charge in [0.2, 0.25) is 0 Å². The Morgan fingerprint density at radius 2 is 2.10 bits per heavy atom. The number of aryl methyl sites for hydroxylation is 1. The number of alkyl carbamates (subject to hydrolysis) is 1. The Hall–Kier alpha value is -1.58. The second-order valence-corrected chi connectivity index (χ2v) is 6.49. The lowest BCUT2D eigenvalue weighted by Gasteiger charge is -2.24. The van der Waals surface area contributed by atoms with E-state index in [1.165, 1.54) is 6.07 Å². The Kier molecular flexibility index (Phi) is 4.02. The second-order valence-electron chi connectivity index (χ2n) is 6.49. The summed E-state index contributed by atoms with van der Waals surface area (Å²) in [5.74, 6) is 0.0395. The first kappa shape index (κ1) is 14.8. The van der Waals surface area contributed by atoms with Crippen molar-refractivity contribution in [2.24, 2.45) is 5.92 Å². The smallest absolute Gasteiger partial charge is 0.408 e. The Morgan fingerprint density at radius 1 is 1.45 bits per heavy atom. The molecule has 3 nitrogen and oxygen atoms in total. The van der Waals surface area contributed by atoms with Crippen molar-refractivity contribution in [2.45, 2.75) is 52.2 Å². The Balaban J connectivity index is 0.00000220. The number of benzene rings is 1. The van der Waals surface area contributed by atoms with Crippen molar-refractivity contribution in [1.82, 2.24) is 5.32 Å². The van der Waals surface area contributed by atoms with E-state index in [9.17, 15) is 9.18 Å². The van der Waals surface area contributed by atoms with E-state index >= 15 is 0 Å². The average molecular weight is 281 g/mol. The first-order chi connectivity index (χ1) is 9.26. The summed E-state index contributed by atoms with van der Waals surface area (Å²) < 4.78 is 19.3. The fourth-order valence-electron chi connectivity index (χ4n) is 2.20. The molecule has 2 rings (SSSR count). The van der Waals surface area contributed by atoms with Crippen LogP contribution in [-0.2, 0) is 4.74 Å². The minimum atomic E-state index is -0.552. The van der Waals surface area contributed by atoms with Crippen LogP contribution in [0.25, 0.3) is 0 Å². The minimum absolute atomic E-state index is 0. The van der Waals surface area contributed by atoms with Crippen LogP contribution >= 0.6 is 0 Å². The zero-order valence-electron chi connectivity index (χ0n) is 12.5. The van der Waals surface area contributed by atoms with Crippen LogP contribution in [0.5, 0.6) is 0 Å². The van der Waals surface area contributed by atoms with Crippen LogP contribution in [0.4, 0.5) is 9.18 Å². The molecule has 4 heteroatoms. The Labute approximate surface area is 121 Å². The third-order valence-electron chi connectivity index (χ3n) is 3.26. The van der Waals surface area contributed by atoms with Gasteiger partial charge in [0.1, 0.15) is 11.4 Å². The van der Waals surface area contributed by atoms with Gasteiger partial charge in [0.25, 0.3) is 0 Å². The fourth-order valence-corrected chi connectivity index (χ4v) is 2.20. The zero-order chi connectivity index (χ0) is 14.9. The van der Waals surface area contributed by atoms with Crippen molar-refractivity contribution >= 4 is 6.09 Å². The average Bonchev–Trinajstić information content (AvgIpc) is 3.07. The van der Waals surface area contributed by atoms with Crippen LogP contribution in [0.15, 0.2) is 18.2 Å². The lowest BCUT2D eigenvalue weighted by atomic mass is 10.0. The molecule has 0 aliphatic heterocycles. The van der Waals surface area contributed by atoms with Gasteiger partial charge in [-0.3, -0.25) is 0 Å². The number of carbonyl (C=O) groups is 1. The molecule has 0 spiro atoms. The van der Waals surface area contributed by atoms with Crippen LogP contribution < -0.4 is 5.32 Å². The number of halogens is 1. The Morgan fingerprint density at radius 3 is 2.60 bits per heavy atom. The van der Waals surface area contributed by atoms with Gasteiger partial charge >= 0.3 is 6.09 Å².